The number of aromatic nitrogens is 2. The van der Waals surface area contributed by atoms with Crippen LogP contribution < -0.4 is 10.6 Å². The number of anilines is 1. The van der Waals surface area contributed by atoms with Crippen molar-refractivity contribution in [3.8, 4) is 0 Å². The summed E-state index contributed by atoms with van der Waals surface area (Å²) in [6, 6.07) is 16.1. The molecular formula is C24H26FN5OS. The van der Waals surface area contributed by atoms with Crippen LogP contribution in [0.5, 0.6) is 0 Å². The molecule has 0 unspecified atom stereocenters. The van der Waals surface area contributed by atoms with Crippen molar-refractivity contribution in [3.05, 3.63) is 84.2 Å². The van der Waals surface area contributed by atoms with Crippen molar-refractivity contribution < 1.29 is 9.18 Å². The first-order valence-electron chi connectivity index (χ1n) is 10.6. The Hall–Kier alpha value is -3.26. The molecule has 32 heavy (non-hydrogen) atoms. The Morgan fingerprint density at radius 3 is 2.69 bits per heavy atom. The second-order valence-corrected chi connectivity index (χ2v) is 8.42. The number of hydrogen-bond acceptors (Lipinski definition) is 3. The number of para-hydroxylation sites is 1. The first kappa shape index (κ1) is 22.0. The van der Waals surface area contributed by atoms with Gasteiger partial charge >= 0.3 is 0 Å². The van der Waals surface area contributed by atoms with E-state index in [0.717, 1.165) is 11.4 Å². The first-order valence-corrected chi connectivity index (χ1v) is 11.1. The van der Waals surface area contributed by atoms with E-state index in [1.54, 1.807) is 24.4 Å². The van der Waals surface area contributed by atoms with Crippen LogP contribution in [0.4, 0.5) is 10.1 Å². The lowest BCUT2D eigenvalue weighted by Crippen LogP contribution is -2.33. The van der Waals surface area contributed by atoms with Crippen LogP contribution >= 0.6 is 12.2 Å². The largest absolute Gasteiger partial charge is 0.352 e. The molecule has 0 aliphatic carbocycles. The molecule has 1 aromatic carbocycles. The van der Waals surface area contributed by atoms with E-state index in [1.165, 1.54) is 6.07 Å². The highest BCUT2D eigenvalue weighted by Crippen LogP contribution is 2.39. The summed E-state index contributed by atoms with van der Waals surface area (Å²) in [5.41, 5.74) is 2.16. The molecule has 0 spiro atoms. The fourth-order valence-electron chi connectivity index (χ4n) is 4.09. The molecule has 2 N–H and O–H groups in total. The van der Waals surface area contributed by atoms with Gasteiger partial charge in [-0.2, -0.15) is 0 Å². The standard InChI is InChI=1S/C24H26FN5OS/c1-16(2)29-14-7-11-20(29)23-22(19-10-5-6-13-26-19)28-24(32)30(23)15-12-21(31)27-18-9-4-3-8-17(18)25/h3-11,13-14,16,22-23H,12,15H2,1-2H3,(H,27,31)(H,28,32)/t22-,23+/m0/s1. The Morgan fingerprint density at radius 1 is 1.19 bits per heavy atom. The van der Waals surface area contributed by atoms with Crippen molar-refractivity contribution in [2.45, 2.75) is 38.4 Å². The van der Waals surface area contributed by atoms with Gasteiger partial charge in [-0.1, -0.05) is 18.2 Å². The Balaban J connectivity index is 1.58. The highest BCUT2D eigenvalue weighted by atomic mass is 32.1. The van der Waals surface area contributed by atoms with Crippen LogP contribution in [0.3, 0.4) is 0 Å². The molecule has 2 aromatic heterocycles. The average Bonchev–Trinajstić information content (AvgIpc) is 3.39. The van der Waals surface area contributed by atoms with E-state index in [1.807, 2.05) is 29.2 Å². The van der Waals surface area contributed by atoms with Crippen LogP contribution in [0.1, 0.15) is 49.8 Å². The average molecular weight is 452 g/mol. The highest BCUT2D eigenvalue weighted by molar-refractivity contribution is 7.80. The third-order valence-electron chi connectivity index (χ3n) is 5.60. The fourth-order valence-corrected chi connectivity index (χ4v) is 4.42. The maximum Gasteiger partial charge on any atom is 0.226 e. The molecule has 0 saturated carbocycles. The van der Waals surface area contributed by atoms with E-state index in [4.69, 9.17) is 12.2 Å². The third kappa shape index (κ3) is 4.50. The fraction of sp³-hybridized carbons (Fsp3) is 0.292. The van der Waals surface area contributed by atoms with E-state index in [9.17, 15) is 9.18 Å². The summed E-state index contributed by atoms with van der Waals surface area (Å²) in [6.45, 7) is 4.65. The molecule has 1 amide bonds. The number of benzene rings is 1. The smallest absolute Gasteiger partial charge is 0.226 e. The normalized spacial score (nSPS) is 18.1. The molecule has 0 bridgehead atoms. The van der Waals surface area contributed by atoms with E-state index in [0.29, 0.717) is 11.7 Å². The molecule has 0 radical (unpaired) electrons. The van der Waals surface area contributed by atoms with Gasteiger partial charge in [-0.3, -0.25) is 9.78 Å². The lowest BCUT2D eigenvalue weighted by molar-refractivity contribution is -0.116. The maximum absolute atomic E-state index is 13.9. The minimum atomic E-state index is -0.456. The second kappa shape index (κ2) is 9.48. The van der Waals surface area contributed by atoms with Crippen molar-refractivity contribution in [2.75, 3.05) is 11.9 Å². The molecule has 2 atom stereocenters. The number of carbonyl (C=O) groups excluding carboxylic acids is 1. The van der Waals surface area contributed by atoms with Gasteiger partial charge in [0.05, 0.1) is 23.5 Å². The van der Waals surface area contributed by atoms with Crippen molar-refractivity contribution in [3.63, 3.8) is 0 Å². The number of rotatable bonds is 7. The van der Waals surface area contributed by atoms with Crippen molar-refractivity contribution in [1.29, 1.82) is 0 Å². The summed E-state index contributed by atoms with van der Waals surface area (Å²) in [4.78, 5) is 19.1. The maximum atomic E-state index is 13.9. The summed E-state index contributed by atoms with van der Waals surface area (Å²) in [6.07, 6.45) is 3.99. The number of pyridine rings is 1. The van der Waals surface area contributed by atoms with E-state index in [2.05, 4.69) is 46.3 Å². The topological polar surface area (TPSA) is 62.2 Å². The SMILES string of the molecule is CC(C)n1cccc1[C@@H]1[C@H](c2ccccn2)NC(=S)N1CCC(=O)Nc1ccccc1F. The van der Waals surface area contributed by atoms with Gasteiger partial charge in [-0.25, -0.2) is 4.39 Å². The predicted molar refractivity (Wildman–Crippen MR) is 127 cm³/mol. The van der Waals surface area contributed by atoms with Crippen LogP contribution in [-0.2, 0) is 4.79 Å². The molecule has 1 aliphatic heterocycles. The molecule has 1 aliphatic rings. The summed E-state index contributed by atoms with van der Waals surface area (Å²) in [5.74, 6) is -0.723. The summed E-state index contributed by atoms with van der Waals surface area (Å²) < 4.78 is 16.1. The Bertz CT molecular complexity index is 1100. The van der Waals surface area contributed by atoms with E-state index in [-0.39, 0.29) is 36.1 Å². The first-order chi connectivity index (χ1) is 15.5. The van der Waals surface area contributed by atoms with Crippen LogP contribution in [0.25, 0.3) is 0 Å². The Kier molecular flexibility index (Phi) is 6.50. The number of halogens is 1. The summed E-state index contributed by atoms with van der Waals surface area (Å²) in [5, 5.41) is 6.62. The van der Waals surface area contributed by atoms with Crippen molar-refractivity contribution >= 4 is 28.9 Å². The summed E-state index contributed by atoms with van der Waals surface area (Å²) >= 11 is 5.67. The Morgan fingerprint density at radius 2 is 1.97 bits per heavy atom. The molecule has 166 valence electrons. The van der Waals surface area contributed by atoms with Crippen LogP contribution in [0.15, 0.2) is 67.0 Å². The number of carbonyl (C=O) groups is 1. The van der Waals surface area contributed by atoms with E-state index >= 15 is 0 Å². The minimum absolute atomic E-state index is 0.129. The number of thiocarbonyl (C=S) groups is 1. The molecule has 3 heterocycles. The van der Waals surface area contributed by atoms with Gasteiger partial charge in [-0.05, 0) is 62.5 Å². The highest BCUT2D eigenvalue weighted by Gasteiger charge is 2.41. The zero-order valence-corrected chi connectivity index (χ0v) is 18.8. The van der Waals surface area contributed by atoms with Gasteiger partial charge in [0.2, 0.25) is 5.91 Å². The Labute approximate surface area is 192 Å². The lowest BCUT2D eigenvalue weighted by Gasteiger charge is -2.29. The quantitative estimate of drug-likeness (QED) is 0.514. The van der Waals surface area contributed by atoms with Crippen LogP contribution in [0.2, 0.25) is 0 Å². The second-order valence-electron chi connectivity index (χ2n) is 8.03. The van der Waals surface area contributed by atoms with Crippen LogP contribution in [0, 0.1) is 5.82 Å². The minimum Gasteiger partial charge on any atom is -0.352 e. The van der Waals surface area contributed by atoms with Crippen molar-refractivity contribution in [2.24, 2.45) is 0 Å². The van der Waals surface area contributed by atoms with Gasteiger partial charge < -0.3 is 20.1 Å². The predicted octanol–water partition coefficient (Wildman–Crippen LogP) is 4.60. The number of hydrogen-bond donors (Lipinski definition) is 2. The van der Waals surface area contributed by atoms with Crippen LogP contribution in [-0.4, -0.2) is 32.0 Å². The molecule has 3 aromatic rings. The van der Waals surface area contributed by atoms with Crippen molar-refractivity contribution in [1.82, 2.24) is 19.8 Å². The van der Waals surface area contributed by atoms with Gasteiger partial charge in [-0.15, -0.1) is 0 Å². The number of amides is 1. The molecule has 1 fully saturated rings. The lowest BCUT2D eigenvalue weighted by atomic mass is 10.0. The monoisotopic (exact) mass is 451 g/mol. The third-order valence-corrected chi connectivity index (χ3v) is 5.95. The van der Waals surface area contributed by atoms with Gasteiger partial charge in [0, 0.05) is 37.1 Å². The number of nitrogens with zero attached hydrogens (tertiary/aromatic N) is 3. The molecule has 1 saturated heterocycles. The zero-order valence-electron chi connectivity index (χ0n) is 18.0. The molecule has 6 nitrogen and oxygen atoms in total. The van der Waals surface area contributed by atoms with Gasteiger partial charge in [0.25, 0.3) is 0 Å². The van der Waals surface area contributed by atoms with E-state index < -0.39 is 5.82 Å². The molecule has 4 rings (SSSR count). The molecule has 8 heteroatoms. The van der Waals surface area contributed by atoms with Gasteiger partial charge in [0.15, 0.2) is 5.11 Å². The van der Waals surface area contributed by atoms with Gasteiger partial charge in [0.1, 0.15) is 5.82 Å². The zero-order chi connectivity index (χ0) is 22.7. The molecular weight excluding hydrogens is 425 g/mol. The summed E-state index contributed by atoms with van der Waals surface area (Å²) in [7, 11) is 0. The number of nitrogens with one attached hydrogen (secondary N) is 2.